The molecule has 1 saturated carbocycles. The van der Waals surface area contributed by atoms with Gasteiger partial charge in [0.25, 0.3) is 0 Å². The molecule has 40 heavy (non-hydrogen) atoms. The van der Waals surface area contributed by atoms with E-state index in [0.29, 0.717) is 43.7 Å². The number of nitrogens with zero attached hydrogens (tertiary/aromatic N) is 2. The van der Waals surface area contributed by atoms with Crippen LogP contribution in [0.2, 0.25) is 10.3 Å². The van der Waals surface area contributed by atoms with Crippen LogP contribution in [-0.4, -0.2) is 51.4 Å². The zero-order chi connectivity index (χ0) is 28.4. The van der Waals surface area contributed by atoms with Gasteiger partial charge < -0.3 is 15.4 Å². The fourth-order valence-corrected chi connectivity index (χ4v) is 7.89. The molecule has 4 aliphatic rings. The molecule has 6 rings (SSSR count). The first-order valence-electron chi connectivity index (χ1n) is 13.6. The number of nitrogens with one attached hydrogen (secondary N) is 3. The number of rotatable bonds is 3. The number of carbonyl (C=O) groups excluding carboxylic acids is 2. The van der Waals surface area contributed by atoms with Gasteiger partial charge in [-0.05, 0) is 61.6 Å². The first kappa shape index (κ1) is 28.2. The lowest BCUT2D eigenvalue weighted by atomic mass is 9.53. The standard InChI is InChI=1S/C28H32Cl2FN5O3S/c1-26(2)8-10-27(11-9-26)28(16-4-5-17(29)34-23(16)35-25(28)38)19(15-7-12-32-22(30)20(15)31)21(36-27)24(37)33-14-3-6-18(40)39-13-14/h4-5,7,12,14,18-19,21,36,40H,3,6,8-11,13H2,1-2H3,(H,33,37)(H,34,35,38)/t14-,18-,19+,21-,28-/m1/s1. The van der Waals surface area contributed by atoms with Crippen LogP contribution in [0.25, 0.3) is 0 Å². The van der Waals surface area contributed by atoms with Crippen LogP contribution in [0.3, 0.4) is 0 Å². The second kappa shape index (κ2) is 10.1. The smallest absolute Gasteiger partial charge is 0.238 e. The molecular formula is C28H32Cl2FN5O3S. The van der Waals surface area contributed by atoms with Crippen LogP contribution in [0, 0.1) is 11.2 Å². The van der Waals surface area contributed by atoms with E-state index in [1.165, 1.54) is 12.3 Å². The number of hydrogen-bond acceptors (Lipinski definition) is 7. The van der Waals surface area contributed by atoms with Crippen molar-refractivity contribution in [1.82, 2.24) is 20.6 Å². The Morgan fingerprint density at radius 3 is 2.62 bits per heavy atom. The quantitative estimate of drug-likeness (QED) is 0.296. The summed E-state index contributed by atoms with van der Waals surface area (Å²) < 4.78 is 21.6. The summed E-state index contributed by atoms with van der Waals surface area (Å²) in [6, 6.07) is 3.76. The molecule has 3 fully saturated rings. The van der Waals surface area contributed by atoms with Gasteiger partial charge in [0.2, 0.25) is 11.8 Å². The molecule has 3 aliphatic heterocycles. The summed E-state index contributed by atoms with van der Waals surface area (Å²) in [6.45, 7) is 4.73. The second-order valence-corrected chi connectivity index (χ2v) is 13.5. The van der Waals surface area contributed by atoms with Crippen LogP contribution in [0.5, 0.6) is 0 Å². The molecule has 0 aromatic carbocycles. The average molecular weight is 609 g/mol. The number of carbonyl (C=O) groups is 2. The van der Waals surface area contributed by atoms with Gasteiger partial charge in [0.15, 0.2) is 11.0 Å². The van der Waals surface area contributed by atoms with Crippen LogP contribution in [-0.2, 0) is 19.7 Å². The van der Waals surface area contributed by atoms with E-state index in [9.17, 15) is 9.59 Å². The number of aromatic nitrogens is 2. The Kier molecular flexibility index (Phi) is 7.10. The maximum Gasteiger partial charge on any atom is 0.238 e. The summed E-state index contributed by atoms with van der Waals surface area (Å²) in [5, 5.41) is 9.59. The highest BCUT2D eigenvalue weighted by Gasteiger charge is 2.73. The van der Waals surface area contributed by atoms with E-state index in [2.05, 4.69) is 52.4 Å². The predicted octanol–water partition coefficient (Wildman–Crippen LogP) is 4.76. The number of amides is 2. The van der Waals surface area contributed by atoms with E-state index in [1.54, 1.807) is 12.1 Å². The third-order valence-electron chi connectivity index (χ3n) is 9.41. The largest absolute Gasteiger partial charge is 0.366 e. The van der Waals surface area contributed by atoms with Crippen LogP contribution in [0.15, 0.2) is 24.4 Å². The van der Waals surface area contributed by atoms with Crippen molar-refractivity contribution in [2.24, 2.45) is 5.41 Å². The van der Waals surface area contributed by atoms with Gasteiger partial charge in [-0.15, -0.1) is 12.6 Å². The van der Waals surface area contributed by atoms with Crippen LogP contribution < -0.4 is 16.0 Å². The monoisotopic (exact) mass is 607 g/mol. The van der Waals surface area contributed by atoms with Gasteiger partial charge in [0, 0.05) is 23.2 Å². The molecule has 0 unspecified atom stereocenters. The van der Waals surface area contributed by atoms with E-state index in [1.807, 2.05) is 0 Å². The molecule has 5 atom stereocenters. The van der Waals surface area contributed by atoms with Crippen molar-refractivity contribution in [3.8, 4) is 0 Å². The zero-order valence-corrected chi connectivity index (χ0v) is 24.7. The highest BCUT2D eigenvalue weighted by molar-refractivity contribution is 7.80. The van der Waals surface area contributed by atoms with E-state index >= 15 is 4.39 Å². The molecule has 0 radical (unpaired) electrons. The van der Waals surface area contributed by atoms with Crippen molar-refractivity contribution in [3.63, 3.8) is 0 Å². The van der Waals surface area contributed by atoms with E-state index in [0.717, 1.165) is 12.8 Å². The number of hydrogen-bond donors (Lipinski definition) is 4. The molecule has 1 aliphatic carbocycles. The Bertz CT molecular complexity index is 1360. The molecule has 2 amide bonds. The minimum atomic E-state index is -1.36. The summed E-state index contributed by atoms with van der Waals surface area (Å²) in [5.41, 5.74) is -1.59. The van der Waals surface area contributed by atoms with Crippen molar-refractivity contribution in [2.75, 3.05) is 11.9 Å². The van der Waals surface area contributed by atoms with E-state index in [-0.39, 0.29) is 44.6 Å². The Labute approximate surface area is 247 Å². The average Bonchev–Trinajstić information content (AvgIpc) is 3.37. The van der Waals surface area contributed by atoms with Gasteiger partial charge in [0.05, 0.1) is 18.7 Å². The lowest BCUT2D eigenvalue weighted by Gasteiger charge is -2.50. The fourth-order valence-electron chi connectivity index (χ4n) is 7.34. The molecule has 12 heteroatoms. The number of halogens is 3. The number of ether oxygens (including phenoxy) is 1. The number of pyridine rings is 2. The summed E-state index contributed by atoms with van der Waals surface area (Å²) >= 11 is 16.8. The molecule has 2 aromatic rings. The first-order valence-corrected chi connectivity index (χ1v) is 14.9. The van der Waals surface area contributed by atoms with Crippen molar-refractivity contribution < 1.29 is 18.7 Å². The highest BCUT2D eigenvalue weighted by Crippen LogP contribution is 2.63. The second-order valence-electron chi connectivity index (χ2n) is 12.2. The normalized spacial score (nSPS) is 32.2. The van der Waals surface area contributed by atoms with Gasteiger partial charge in [-0.3, -0.25) is 14.9 Å². The predicted molar refractivity (Wildman–Crippen MR) is 153 cm³/mol. The Morgan fingerprint density at radius 2 is 1.93 bits per heavy atom. The number of fused-ring (bicyclic) bond motifs is 3. The van der Waals surface area contributed by atoms with E-state index in [4.69, 9.17) is 27.9 Å². The SMILES string of the molecule is CC1(C)CCC2(CC1)N[C@@H](C(=O)N[C@@H]1CC[C@@H](S)OC1)[C@H](c1ccnc(Cl)c1F)[C@]21C(=O)Nc2nc(Cl)ccc21. The maximum atomic E-state index is 15.9. The third-order valence-corrected chi connectivity index (χ3v) is 10.3. The van der Waals surface area contributed by atoms with Crippen molar-refractivity contribution in [3.05, 3.63) is 51.6 Å². The molecule has 3 N–H and O–H groups in total. The Morgan fingerprint density at radius 1 is 1.18 bits per heavy atom. The summed E-state index contributed by atoms with van der Waals surface area (Å²) in [7, 11) is 0. The number of thiol groups is 1. The highest BCUT2D eigenvalue weighted by atomic mass is 35.5. The number of anilines is 1. The first-order chi connectivity index (χ1) is 19.0. The molecular weight excluding hydrogens is 576 g/mol. The summed E-state index contributed by atoms with van der Waals surface area (Å²) in [6.07, 6.45) is 5.62. The van der Waals surface area contributed by atoms with Gasteiger partial charge in [0.1, 0.15) is 21.8 Å². The lowest BCUT2D eigenvalue weighted by Crippen LogP contribution is -2.61. The van der Waals surface area contributed by atoms with Crippen molar-refractivity contribution in [2.45, 2.75) is 86.8 Å². The van der Waals surface area contributed by atoms with Gasteiger partial charge >= 0.3 is 0 Å². The van der Waals surface area contributed by atoms with Crippen molar-refractivity contribution in [1.29, 1.82) is 0 Å². The van der Waals surface area contributed by atoms with Crippen LogP contribution in [0.4, 0.5) is 10.2 Å². The Hall–Kier alpha value is -1.98. The molecule has 2 spiro atoms. The summed E-state index contributed by atoms with van der Waals surface area (Å²) in [5.74, 6) is -2.02. The topological polar surface area (TPSA) is 105 Å². The molecule has 0 bridgehead atoms. The van der Waals surface area contributed by atoms with Crippen LogP contribution >= 0.6 is 35.8 Å². The summed E-state index contributed by atoms with van der Waals surface area (Å²) in [4.78, 5) is 36.9. The molecule has 214 valence electrons. The molecule has 2 aromatic heterocycles. The van der Waals surface area contributed by atoms with Gasteiger partial charge in [-0.1, -0.05) is 43.1 Å². The minimum Gasteiger partial charge on any atom is -0.366 e. The fraction of sp³-hybridized carbons (Fsp3) is 0.571. The maximum absolute atomic E-state index is 15.9. The molecule has 2 saturated heterocycles. The van der Waals surface area contributed by atoms with E-state index < -0.39 is 28.7 Å². The van der Waals surface area contributed by atoms with Crippen molar-refractivity contribution >= 4 is 53.5 Å². The molecule has 8 nitrogen and oxygen atoms in total. The molecule has 5 heterocycles. The van der Waals surface area contributed by atoms with Gasteiger partial charge in [-0.25, -0.2) is 14.4 Å². The van der Waals surface area contributed by atoms with Gasteiger partial charge in [-0.2, -0.15) is 0 Å². The minimum absolute atomic E-state index is 0.0498. The zero-order valence-electron chi connectivity index (χ0n) is 22.3. The lowest BCUT2D eigenvalue weighted by molar-refractivity contribution is -0.125. The Balaban J connectivity index is 1.54. The van der Waals surface area contributed by atoms with Crippen LogP contribution in [0.1, 0.15) is 69.4 Å². The third kappa shape index (κ3) is 4.33.